The Kier molecular flexibility index (Phi) is 3.08. The molecule has 0 aromatic heterocycles. The molecule has 0 spiro atoms. The van der Waals surface area contributed by atoms with Crippen LogP contribution in [0.15, 0.2) is 0 Å². The van der Waals surface area contributed by atoms with E-state index in [-0.39, 0.29) is 12.4 Å². The van der Waals surface area contributed by atoms with Gasteiger partial charge >= 0.3 is 0 Å². The van der Waals surface area contributed by atoms with E-state index in [0.29, 0.717) is 26.2 Å². The third-order valence-electron chi connectivity index (χ3n) is 1.36. The Morgan fingerprint density at radius 3 is 3.00 bits per heavy atom. The van der Waals surface area contributed by atoms with Crippen LogP contribution in [0, 0.1) is 0 Å². The van der Waals surface area contributed by atoms with Gasteiger partial charge in [0.1, 0.15) is 0 Å². The standard InChI is InChI=1S/C6H13NO3/c7-1-2-9-6-3-5(8)4-10-6/h5-6,8H,1-4,7H2. The lowest BCUT2D eigenvalue weighted by Crippen LogP contribution is -2.17. The molecule has 3 N–H and O–H groups in total. The zero-order valence-electron chi connectivity index (χ0n) is 5.82. The van der Waals surface area contributed by atoms with Gasteiger partial charge in [-0.3, -0.25) is 0 Å². The SMILES string of the molecule is NCCOC1CC(O)CO1. The van der Waals surface area contributed by atoms with Gasteiger partial charge < -0.3 is 20.3 Å². The Balaban J connectivity index is 2.06. The number of aliphatic hydroxyl groups is 1. The number of hydrogen-bond acceptors (Lipinski definition) is 4. The number of aliphatic hydroxyl groups excluding tert-OH is 1. The fraction of sp³-hybridized carbons (Fsp3) is 1.00. The average molecular weight is 147 g/mol. The van der Waals surface area contributed by atoms with Gasteiger partial charge in [0, 0.05) is 13.0 Å². The van der Waals surface area contributed by atoms with Crippen LogP contribution in [0.1, 0.15) is 6.42 Å². The van der Waals surface area contributed by atoms with Gasteiger partial charge in [0.25, 0.3) is 0 Å². The second-order valence-corrected chi connectivity index (χ2v) is 2.31. The van der Waals surface area contributed by atoms with Crippen molar-refractivity contribution in [1.29, 1.82) is 0 Å². The van der Waals surface area contributed by atoms with Crippen LogP contribution in [-0.4, -0.2) is 37.3 Å². The largest absolute Gasteiger partial charge is 0.391 e. The molecule has 1 heterocycles. The molecular formula is C6H13NO3. The Bertz CT molecular complexity index is 99.0. The molecule has 0 bridgehead atoms. The van der Waals surface area contributed by atoms with Gasteiger partial charge in [0.15, 0.2) is 6.29 Å². The molecule has 2 unspecified atom stereocenters. The molecule has 0 amide bonds. The summed E-state index contributed by atoms with van der Waals surface area (Å²) in [5.74, 6) is 0. The lowest BCUT2D eigenvalue weighted by atomic mass is 10.3. The molecule has 1 fully saturated rings. The predicted octanol–water partition coefficient (Wildman–Crippen LogP) is -0.931. The monoisotopic (exact) mass is 147 g/mol. The highest BCUT2D eigenvalue weighted by atomic mass is 16.7. The lowest BCUT2D eigenvalue weighted by molar-refractivity contribution is -0.108. The molecule has 1 saturated heterocycles. The summed E-state index contributed by atoms with van der Waals surface area (Å²) in [5.41, 5.74) is 5.20. The minimum absolute atomic E-state index is 0.237. The zero-order chi connectivity index (χ0) is 7.40. The summed E-state index contributed by atoms with van der Waals surface area (Å²) in [6, 6.07) is 0. The summed E-state index contributed by atoms with van der Waals surface area (Å²) in [6.07, 6.45) is -0.0266. The molecule has 1 aliphatic rings. The molecule has 60 valence electrons. The molecule has 4 heteroatoms. The molecule has 1 rings (SSSR count). The molecule has 2 atom stereocenters. The van der Waals surface area contributed by atoms with Crippen LogP contribution in [0.2, 0.25) is 0 Å². The topological polar surface area (TPSA) is 64.7 Å². The van der Waals surface area contributed by atoms with E-state index in [1.54, 1.807) is 0 Å². The molecule has 0 aromatic rings. The van der Waals surface area contributed by atoms with E-state index in [2.05, 4.69) is 0 Å². The molecule has 10 heavy (non-hydrogen) atoms. The van der Waals surface area contributed by atoms with E-state index in [0.717, 1.165) is 0 Å². The van der Waals surface area contributed by atoms with Crippen LogP contribution in [0.4, 0.5) is 0 Å². The van der Waals surface area contributed by atoms with Crippen molar-refractivity contribution in [2.75, 3.05) is 19.8 Å². The molecule has 4 nitrogen and oxygen atoms in total. The maximum absolute atomic E-state index is 8.96. The molecule has 0 saturated carbocycles. The number of rotatable bonds is 3. The third-order valence-corrected chi connectivity index (χ3v) is 1.36. The predicted molar refractivity (Wildman–Crippen MR) is 35.4 cm³/mol. The molecule has 0 aromatic carbocycles. The normalized spacial score (nSPS) is 33.0. The minimum Gasteiger partial charge on any atom is -0.391 e. The molecule has 1 aliphatic heterocycles. The second-order valence-electron chi connectivity index (χ2n) is 2.31. The van der Waals surface area contributed by atoms with Crippen LogP contribution < -0.4 is 5.73 Å². The summed E-state index contributed by atoms with van der Waals surface area (Å²) in [6.45, 7) is 1.38. The lowest BCUT2D eigenvalue weighted by Gasteiger charge is -2.08. The average Bonchev–Trinajstić information content (AvgIpc) is 2.31. The van der Waals surface area contributed by atoms with Crippen molar-refractivity contribution in [3.63, 3.8) is 0 Å². The zero-order valence-corrected chi connectivity index (χ0v) is 5.82. The Morgan fingerprint density at radius 1 is 1.70 bits per heavy atom. The van der Waals surface area contributed by atoms with Crippen LogP contribution >= 0.6 is 0 Å². The van der Waals surface area contributed by atoms with E-state index in [9.17, 15) is 0 Å². The summed E-state index contributed by atoms with van der Waals surface area (Å²) in [4.78, 5) is 0. The van der Waals surface area contributed by atoms with Crippen LogP contribution in [0.25, 0.3) is 0 Å². The van der Waals surface area contributed by atoms with Gasteiger partial charge in [-0.1, -0.05) is 0 Å². The van der Waals surface area contributed by atoms with Crippen LogP contribution in [0.3, 0.4) is 0 Å². The first-order valence-corrected chi connectivity index (χ1v) is 3.44. The van der Waals surface area contributed by atoms with Gasteiger partial charge in [-0.25, -0.2) is 0 Å². The Labute approximate surface area is 59.9 Å². The smallest absolute Gasteiger partial charge is 0.160 e. The van der Waals surface area contributed by atoms with Crippen molar-refractivity contribution >= 4 is 0 Å². The van der Waals surface area contributed by atoms with Gasteiger partial charge in [0.2, 0.25) is 0 Å². The summed E-state index contributed by atoms with van der Waals surface area (Å²) >= 11 is 0. The van der Waals surface area contributed by atoms with Crippen molar-refractivity contribution in [2.45, 2.75) is 18.8 Å². The Morgan fingerprint density at radius 2 is 2.50 bits per heavy atom. The highest BCUT2D eigenvalue weighted by Crippen LogP contribution is 2.13. The van der Waals surface area contributed by atoms with Gasteiger partial charge in [0.05, 0.1) is 19.3 Å². The van der Waals surface area contributed by atoms with Crippen molar-refractivity contribution in [3.8, 4) is 0 Å². The van der Waals surface area contributed by atoms with E-state index < -0.39 is 0 Å². The number of ether oxygens (including phenoxy) is 2. The quantitative estimate of drug-likeness (QED) is 0.541. The first-order valence-electron chi connectivity index (χ1n) is 3.44. The van der Waals surface area contributed by atoms with Crippen molar-refractivity contribution < 1.29 is 14.6 Å². The first kappa shape index (κ1) is 7.94. The van der Waals surface area contributed by atoms with Crippen LogP contribution in [0.5, 0.6) is 0 Å². The number of hydrogen-bond donors (Lipinski definition) is 2. The fourth-order valence-corrected chi connectivity index (χ4v) is 0.892. The van der Waals surface area contributed by atoms with E-state index >= 15 is 0 Å². The molecule has 0 radical (unpaired) electrons. The summed E-state index contributed by atoms with van der Waals surface area (Å²) < 4.78 is 10.2. The Hall–Kier alpha value is -0.160. The van der Waals surface area contributed by atoms with E-state index in [1.807, 2.05) is 0 Å². The van der Waals surface area contributed by atoms with Gasteiger partial charge in [-0.05, 0) is 0 Å². The second kappa shape index (κ2) is 3.88. The number of nitrogens with two attached hydrogens (primary N) is 1. The molecular weight excluding hydrogens is 134 g/mol. The summed E-state index contributed by atoms with van der Waals surface area (Å²) in [5, 5.41) is 8.96. The minimum atomic E-state index is -0.359. The van der Waals surface area contributed by atoms with Crippen molar-refractivity contribution in [2.24, 2.45) is 5.73 Å². The maximum Gasteiger partial charge on any atom is 0.160 e. The van der Waals surface area contributed by atoms with E-state index in [1.165, 1.54) is 0 Å². The molecule has 0 aliphatic carbocycles. The van der Waals surface area contributed by atoms with Gasteiger partial charge in [-0.2, -0.15) is 0 Å². The fourth-order valence-electron chi connectivity index (χ4n) is 0.892. The summed E-state index contributed by atoms with van der Waals surface area (Å²) in [7, 11) is 0. The maximum atomic E-state index is 8.96. The highest BCUT2D eigenvalue weighted by Gasteiger charge is 2.23. The van der Waals surface area contributed by atoms with Gasteiger partial charge in [-0.15, -0.1) is 0 Å². The first-order chi connectivity index (χ1) is 4.83. The third kappa shape index (κ3) is 2.22. The van der Waals surface area contributed by atoms with Crippen LogP contribution in [-0.2, 0) is 9.47 Å². The van der Waals surface area contributed by atoms with E-state index in [4.69, 9.17) is 20.3 Å². The van der Waals surface area contributed by atoms with Crippen molar-refractivity contribution in [3.05, 3.63) is 0 Å². The highest BCUT2D eigenvalue weighted by molar-refractivity contribution is 4.64. The van der Waals surface area contributed by atoms with Crippen molar-refractivity contribution in [1.82, 2.24) is 0 Å².